The largest absolute Gasteiger partial charge is 0.480 e. The first-order chi connectivity index (χ1) is 12.0. The third-order valence-electron chi connectivity index (χ3n) is 4.37. The highest BCUT2D eigenvalue weighted by atomic mass is 16.5. The van der Waals surface area contributed by atoms with Gasteiger partial charge in [-0.25, -0.2) is 9.59 Å². The molecule has 2 aromatic carbocycles. The van der Waals surface area contributed by atoms with Gasteiger partial charge in [0.1, 0.15) is 6.61 Å². The molecular weight excluding hydrogens is 322 g/mol. The Labute approximate surface area is 145 Å². The number of aliphatic hydroxyl groups is 1. The molecule has 0 aliphatic heterocycles. The fourth-order valence-corrected chi connectivity index (χ4v) is 3.16. The standard InChI is InChI=1S/C19H19NO5/c1-11(21)17(18(22)23)20-19(24)25-10-16-14-8-4-2-6-12(14)13-7-3-5-9-15(13)16/h2-9,11,16-17,21H,10H2,1H3,(H,20,24)(H,22,23)/t11-,17-/m0/s1. The van der Waals surface area contributed by atoms with E-state index in [1.165, 1.54) is 6.92 Å². The van der Waals surface area contributed by atoms with E-state index in [1.54, 1.807) is 0 Å². The first-order valence-electron chi connectivity index (χ1n) is 8.01. The number of carboxylic acid groups (broad SMARTS) is 1. The van der Waals surface area contributed by atoms with Crippen LogP contribution in [0.25, 0.3) is 11.1 Å². The van der Waals surface area contributed by atoms with Gasteiger partial charge in [-0.05, 0) is 29.2 Å². The zero-order chi connectivity index (χ0) is 18.0. The molecule has 0 saturated carbocycles. The second-order valence-electron chi connectivity index (χ2n) is 6.03. The quantitative estimate of drug-likeness (QED) is 0.776. The lowest BCUT2D eigenvalue weighted by atomic mass is 9.98. The maximum Gasteiger partial charge on any atom is 0.407 e. The van der Waals surface area contributed by atoms with Gasteiger partial charge in [0, 0.05) is 5.92 Å². The number of hydrogen-bond donors (Lipinski definition) is 3. The Morgan fingerprint density at radius 1 is 1.08 bits per heavy atom. The second kappa shape index (κ2) is 6.94. The average Bonchev–Trinajstić information content (AvgIpc) is 2.91. The number of carboxylic acids is 1. The molecular formula is C19H19NO5. The Morgan fingerprint density at radius 2 is 1.60 bits per heavy atom. The number of nitrogens with one attached hydrogen (secondary N) is 1. The fraction of sp³-hybridized carbons (Fsp3) is 0.263. The van der Waals surface area contributed by atoms with Crippen molar-refractivity contribution in [2.75, 3.05) is 6.61 Å². The molecule has 6 heteroatoms. The molecule has 0 fully saturated rings. The van der Waals surface area contributed by atoms with E-state index in [0.717, 1.165) is 22.3 Å². The molecule has 3 rings (SSSR count). The summed E-state index contributed by atoms with van der Waals surface area (Å²) in [6, 6.07) is 14.4. The number of ether oxygens (including phenoxy) is 1. The third-order valence-corrected chi connectivity index (χ3v) is 4.37. The third kappa shape index (κ3) is 3.34. The molecule has 0 bridgehead atoms. The van der Waals surface area contributed by atoms with Crippen molar-refractivity contribution in [3.63, 3.8) is 0 Å². The summed E-state index contributed by atoms with van der Waals surface area (Å²) >= 11 is 0. The highest BCUT2D eigenvalue weighted by Gasteiger charge is 2.30. The monoisotopic (exact) mass is 341 g/mol. The topological polar surface area (TPSA) is 95.9 Å². The number of aliphatic carboxylic acids is 1. The van der Waals surface area contributed by atoms with E-state index >= 15 is 0 Å². The number of hydrogen-bond acceptors (Lipinski definition) is 4. The zero-order valence-electron chi connectivity index (χ0n) is 13.7. The lowest BCUT2D eigenvalue weighted by Gasteiger charge is -2.18. The number of carbonyl (C=O) groups is 2. The Bertz CT molecular complexity index is 756. The molecule has 2 aromatic rings. The van der Waals surface area contributed by atoms with E-state index in [4.69, 9.17) is 9.84 Å². The van der Waals surface area contributed by atoms with Crippen molar-refractivity contribution in [1.82, 2.24) is 5.32 Å². The number of fused-ring (bicyclic) bond motifs is 3. The van der Waals surface area contributed by atoms with E-state index in [1.807, 2.05) is 48.5 Å². The van der Waals surface area contributed by atoms with E-state index in [2.05, 4.69) is 5.32 Å². The molecule has 2 atom stereocenters. The van der Waals surface area contributed by atoms with Crippen molar-refractivity contribution in [1.29, 1.82) is 0 Å². The zero-order valence-corrected chi connectivity index (χ0v) is 13.7. The van der Waals surface area contributed by atoms with Gasteiger partial charge in [-0.3, -0.25) is 0 Å². The molecule has 130 valence electrons. The molecule has 3 N–H and O–H groups in total. The molecule has 0 saturated heterocycles. The summed E-state index contributed by atoms with van der Waals surface area (Å²) in [6.45, 7) is 1.38. The minimum Gasteiger partial charge on any atom is -0.480 e. The summed E-state index contributed by atoms with van der Waals surface area (Å²) < 4.78 is 5.25. The van der Waals surface area contributed by atoms with Crippen molar-refractivity contribution < 1.29 is 24.5 Å². The average molecular weight is 341 g/mol. The number of aliphatic hydroxyl groups excluding tert-OH is 1. The minimum atomic E-state index is -1.41. The number of benzene rings is 2. The highest BCUT2D eigenvalue weighted by Crippen LogP contribution is 2.44. The van der Waals surface area contributed by atoms with Crippen LogP contribution in [0.1, 0.15) is 24.0 Å². The number of alkyl carbamates (subject to hydrolysis) is 1. The summed E-state index contributed by atoms with van der Waals surface area (Å²) in [5, 5.41) is 20.6. The van der Waals surface area contributed by atoms with Crippen molar-refractivity contribution in [2.45, 2.75) is 25.0 Å². The van der Waals surface area contributed by atoms with Crippen LogP contribution in [0.15, 0.2) is 48.5 Å². The molecule has 6 nitrogen and oxygen atoms in total. The van der Waals surface area contributed by atoms with Gasteiger partial charge in [0.2, 0.25) is 0 Å². The number of carbonyl (C=O) groups excluding carboxylic acids is 1. The van der Waals surface area contributed by atoms with Gasteiger partial charge >= 0.3 is 12.1 Å². The highest BCUT2D eigenvalue weighted by molar-refractivity contribution is 5.81. The summed E-state index contributed by atoms with van der Waals surface area (Å²) in [5.41, 5.74) is 4.36. The molecule has 0 spiro atoms. The van der Waals surface area contributed by atoms with Crippen molar-refractivity contribution >= 4 is 12.1 Å². The molecule has 1 aliphatic rings. The first kappa shape index (κ1) is 17.0. The lowest BCUT2D eigenvalue weighted by molar-refractivity contribution is -0.142. The van der Waals surface area contributed by atoms with Crippen LogP contribution in [0.4, 0.5) is 4.79 Å². The molecule has 1 amide bonds. The summed E-state index contributed by atoms with van der Waals surface area (Å²) in [6.07, 6.45) is -2.09. The number of amides is 1. The predicted molar refractivity (Wildman–Crippen MR) is 91.3 cm³/mol. The summed E-state index contributed by atoms with van der Waals surface area (Å²) in [7, 11) is 0. The minimum absolute atomic E-state index is 0.0893. The molecule has 25 heavy (non-hydrogen) atoms. The van der Waals surface area contributed by atoms with Gasteiger partial charge in [-0.2, -0.15) is 0 Å². The molecule has 1 aliphatic carbocycles. The van der Waals surface area contributed by atoms with Crippen molar-refractivity contribution in [3.8, 4) is 11.1 Å². The van der Waals surface area contributed by atoms with Crippen LogP contribution in [0.3, 0.4) is 0 Å². The lowest BCUT2D eigenvalue weighted by Crippen LogP contribution is -2.48. The Kier molecular flexibility index (Phi) is 4.72. The Balaban J connectivity index is 1.73. The smallest absolute Gasteiger partial charge is 0.407 e. The van der Waals surface area contributed by atoms with Crippen LogP contribution in [0.5, 0.6) is 0 Å². The maximum absolute atomic E-state index is 11.9. The summed E-state index contributed by atoms with van der Waals surface area (Å²) in [5.74, 6) is -1.42. The van der Waals surface area contributed by atoms with Gasteiger partial charge in [0.05, 0.1) is 6.10 Å². The van der Waals surface area contributed by atoms with E-state index in [0.29, 0.717) is 0 Å². The van der Waals surface area contributed by atoms with E-state index < -0.39 is 24.2 Å². The molecule has 0 radical (unpaired) electrons. The van der Waals surface area contributed by atoms with Crippen molar-refractivity contribution in [2.24, 2.45) is 0 Å². The van der Waals surface area contributed by atoms with E-state index in [9.17, 15) is 14.7 Å². The molecule has 0 aromatic heterocycles. The molecule has 0 unspecified atom stereocenters. The predicted octanol–water partition coefficient (Wildman–Crippen LogP) is 2.36. The van der Waals surface area contributed by atoms with E-state index in [-0.39, 0.29) is 12.5 Å². The van der Waals surface area contributed by atoms with Crippen LogP contribution < -0.4 is 5.32 Å². The van der Waals surface area contributed by atoms with Gasteiger partial charge in [0.15, 0.2) is 6.04 Å². The summed E-state index contributed by atoms with van der Waals surface area (Å²) in [4.78, 5) is 23.0. The SMILES string of the molecule is C[C@H](O)[C@H](NC(=O)OCC1c2ccccc2-c2ccccc21)C(=O)O. The molecule has 0 heterocycles. The van der Waals surface area contributed by atoms with Gasteiger partial charge in [-0.15, -0.1) is 0 Å². The van der Waals surface area contributed by atoms with Crippen LogP contribution in [-0.2, 0) is 9.53 Å². The normalized spacial score (nSPS) is 15.0. The van der Waals surface area contributed by atoms with Crippen LogP contribution in [0.2, 0.25) is 0 Å². The van der Waals surface area contributed by atoms with Crippen LogP contribution in [0, 0.1) is 0 Å². The number of rotatable bonds is 5. The van der Waals surface area contributed by atoms with Gasteiger partial charge < -0.3 is 20.3 Å². The fourth-order valence-electron chi connectivity index (χ4n) is 3.16. The first-order valence-corrected chi connectivity index (χ1v) is 8.01. The Hall–Kier alpha value is -2.86. The maximum atomic E-state index is 11.9. The van der Waals surface area contributed by atoms with Gasteiger partial charge in [-0.1, -0.05) is 48.5 Å². The second-order valence-corrected chi connectivity index (χ2v) is 6.03. The van der Waals surface area contributed by atoms with Crippen molar-refractivity contribution in [3.05, 3.63) is 59.7 Å². The van der Waals surface area contributed by atoms with Crippen LogP contribution >= 0.6 is 0 Å². The Morgan fingerprint density at radius 3 is 2.08 bits per heavy atom. The van der Waals surface area contributed by atoms with Crippen LogP contribution in [-0.4, -0.2) is 41.0 Å². The van der Waals surface area contributed by atoms with Gasteiger partial charge in [0.25, 0.3) is 0 Å².